The first kappa shape index (κ1) is 13.8. The van der Waals surface area contributed by atoms with Gasteiger partial charge in [-0.25, -0.2) is 4.79 Å². The molecule has 17 heavy (non-hydrogen) atoms. The molecule has 94 valence electrons. The van der Waals surface area contributed by atoms with Crippen molar-refractivity contribution in [3.05, 3.63) is 34.9 Å². The maximum atomic E-state index is 11.3. The minimum Gasteiger partial charge on any atom is -0.338 e. The number of urea groups is 1. The zero-order valence-electron chi connectivity index (χ0n) is 10.5. The van der Waals surface area contributed by atoms with Crippen molar-refractivity contribution in [1.29, 1.82) is 0 Å². The second-order valence-electron chi connectivity index (χ2n) is 4.60. The molecular weight excluding hydrogens is 236 g/mol. The summed E-state index contributed by atoms with van der Waals surface area (Å²) in [6.45, 7) is 7.28. The second kappa shape index (κ2) is 5.92. The number of carbonyl (C=O) groups is 1. The lowest BCUT2D eigenvalue weighted by molar-refractivity contribution is 0.239. The standard InChI is InChI=1S/C13H19ClN2O/c1-4-15-12(17)16-9-13(2,3)10-5-7-11(14)8-6-10/h5-8H,4,9H2,1-3H3,(H2,15,16,17). The van der Waals surface area contributed by atoms with Gasteiger partial charge >= 0.3 is 6.03 Å². The van der Waals surface area contributed by atoms with Crippen molar-refractivity contribution >= 4 is 17.6 Å². The van der Waals surface area contributed by atoms with Crippen LogP contribution in [0, 0.1) is 0 Å². The van der Waals surface area contributed by atoms with Crippen LogP contribution in [0.1, 0.15) is 26.3 Å². The Balaban J connectivity index is 2.61. The molecule has 1 aromatic carbocycles. The van der Waals surface area contributed by atoms with Gasteiger partial charge in [0, 0.05) is 23.5 Å². The summed E-state index contributed by atoms with van der Waals surface area (Å²) in [6.07, 6.45) is 0. The van der Waals surface area contributed by atoms with Gasteiger partial charge in [0.25, 0.3) is 0 Å². The Morgan fingerprint density at radius 2 is 1.82 bits per heavy atom. The third-order valence-electron chi connectivity index (χ3n) is 2.65. The Morgan fingerprint density at radius 1 is 1.24 bits per heavy atom. The van der Waals surface area contributed by atoms with Crippen LogP contribution in [0.5, 0.6) is 0 Å². The number of benzene rings is 1. The maximum Gasteiger partial charge on any atom is 0.314 e. The molecule has 4 heteroatoms. The Morgan fingerprint density at radius 3 is 2.35 bits per heavy atom. The molecule has 3 nitrogen and oxygen atoms in total. The first-order chi connectivity index (χ1) is 7.95. The molecule has 0 spiro atoms. The van der Waals surface area contributed by atoms with Crippen LogP contribution in [0.25, 0.3) is 0 Å². The third-order valence-corrected chi connectivity index (χ3v) is 2.91. The van der Waals surface area contributed by atoms with E-state index in [1.165, 1.54) is 0 Å². The van der Waals surface area contributed by atoms with Gasteiger partial charge in [0.1, 0.15) is 0 Å². The molecule has 0 fully saturated rings. The second-order valence-corrected chi connectivity index (χ2v) is 5.04. The molecule has 2 N–H and O–H groups in total. The summed E-state index contributed by atoms with van der Waals surface area (Å²) in [5, 5.41) is 6.28. The van der Waals surface area contributed by atoms with Crippen LogP contribution < -0.4 is 10.6 Å². The van der Waals surface area contributed by atoms with Crippen molar-refractivity contribution in [2.75, 3.05) is 13.1 Å². The number of hydrogen-bond donors (Lipinski definition) is 2. The summed E-state index contributed by atoms with van der Waals surface area (Å²) in [4.78, 5) is 11.3. The van der Waals surface area contributed by atoms with E-state index in [0.717, 1.165) is 10.6 Å². The van der Waals surface area contributed by atoms with Gasteiger partial charge in [-0.2, -0.15) is 0 Å². The summed E-state index contributed by atoms with van der Waals surface area (Å²) in [5.41, 5.74) is 1.04. The van der Waals surface area contributed by atoms with Gasteiger partial charge in [-0.1, -0.05) is 37.6 Å². The lowest BCUT2D eigenvalue weighted by Crippen LogP contribution is -2.42. The van der Waals surface area contributed by atoms with Gasteiger partial charge in [-0.3, -0.25) is 0 Å². The molecular formula is C13H19ClN2O. The highest BCUT2D eigenvalue weighted by atomic mass is 35.5. The monoisotopic (exact) mass is 254 g/mol. The van der Waals surface area contributed by atoms with Gasteiger partial charge in [-0.05, 0) is 24.6 Å². The van der Waals surface area contributed by atoms with Crippen LogP contribution in [0.2, 0.25) is 5.02 Å². The predicted molar refractivity (Wildman–Crippen MR) is 71.6 cm³/mol. The van der Waals surface area contributed by atoms with Crippen LogP contribution in [0.3, 0.4) is 0 Å². The average Bonchev–Trinajstić information content (AvgIpc) is 2.28. The fraction of sp³-hybridized carbons (Fsp3) is 0.462. The van der Waals surface area contributed by atoms with Crippen molar-refractivity contribution in [3.8, 4) is 0 Å². The van der Waals surface area contributed by atoms with Crippen molar-refractivity contribution in [3.63, 3.8) is 0 Å². The van der Waals surface area contributed by atoms with E-state index in [1.54, 1.807) is 0 Å². The molecule has 1 rings (SSSR count). The van der Waals surface area contributed by atoms with Gasteiger partial charge in [-0.15, -0.1) is 0 Å². The molecule has 0 unspecified atom stereocenters. The molecule has 0 saturated heterocycles. The average molecular weight is 255 g/mol. The van der Waals surface area contributed by atoms with E-state index in [0.29, 0.717) is 13.1 Å². The summed E-state index contributed by atoms with van der Waals surface area (Å²) < 4.78 is 0. The quantitative estimate of drug-likeness (QED) is 0.852. The molecule has 0 aromatic heterocycles. The summed E-state index contributed by atoms with van der Waals surface area (Å²) in [5.74, 6) is 0. The fourth-order valence-electron chi connectivity index (χ4n) is 1.53. The van der Waals surface area contributed by atoms with Crippen LogP contribution in [0.4, 0.5) is 4.79 Å². The summed E-state index contributed by atoms with van der Waals surface area (Å²) >= 11 is 5.85. The van der Waals surface area contributed by atoms with Crippen LogP contribution in [0.15, 0.2) is 24.3 Å². The molecule has 2 amide bonds. The lowest BCUT2D eigenvalue weighted by atomic mass is 9.85. The van der Waals surface area contributed by atoms with E-state index in [-0.39, 0.29) is 11.4 Å². The minimum absolute atomic E-state index is 0.115. The molecule has 0 heterocycles. The number of hydrogen-bond acceptors (Lipinski definition) is 1. The molecule has 0 radical (unpaired) electrons. The Hall–Kier alpha value is -1.22. The third kappa shape index (κ3) is 4.27. The summed E-state index contributed by atoms with van der Waals surface area (Å²) in [6, 6.07) is 7.58. The van der Waals surface area contributed by atoms with E-state index >= 15 is 0 Å². The first-order valence-corrected chi connectivity index (χ1v) is 6.11. The minimum atomic E-state index is -0.130. The van der Waals surface area contributed by atoms with Gasteiger partial charge in [0.05, 0.1) is 0 Å². The van der Waals surface area contributed by atoms with E-state index in [4.69, 9.17) is 11.6 Å². The molecule has 0 saturated carbocycles. The zero-order chi connectivity index (χ0) is 12.9. The predicted octanol–water partition coefficient (Wildman–Crippen LogP) is 2.94. The maximum absolute atomic E-state index is 11.3. The summed E-state index contributed by atoms with van der Waals surface area (Å²) in [7, 11) is 0. The smallest absolute Gasteiger partial charge is 0.314 e. The Kier molecular flexibility index (Phi) is 4.82. The Labute approximate surface area is 108 Å². The normalized spacial score (nSPS) is 11.1. The lowest BCUT2D eigenvalue weighted by Gasteiger charge is -2.25. The van der Waals surface area contributed by atoms with Crippen LogP contribution in [-0.2, 0) is 5.41 Å². The van der Waals surface area contributed by atoms with E-state index in [1.807, 2.05) is 31.2 Å². The van der Waals surface area contributed by atoms with E-state index < -0.39 is 0 Å². The van der Waals surface area contributed by atoms with Crippen molar-refractivity contribution in [2.24, 2.45) is 0 Å². The highest BCUT2D eigenvalue weighted by Gasteiger charge is 2.21. The van der Waals surface area contributed by atoms with E-state index in [9.17, 15) is 4.79 Å². The van der Waals surface area contributed by atoms with Gasteiger partial charge in [0.15, 0.2) is 0 Å². The molecule has 0 aliphatic carbocycles. The highest BCUT2D eigenvalue weighted by molar-refractivity contribution is 6.30. The van der Waals surface area contributed by atoms with Gasteiger partial charge < -0.3 is 10.6 Å². The van der Waals surface area contributed by atoms with Gasteiger partial charge in [0.2, 0.25) is 0 Å². The van der Waals surface area contributed by atoms with Crippen molar-refractivity contribution < 1.29 is 4.79 Å². The van der Waals surface area contributed by atoms with Crippen molar-refractivity contribution in [1.82, 2.24) is 10.6 Å². The first-order valence-electron chi connectivity index (χ1n) is 5.73. The van der Waals surface area contributed by atoms with E-state index in [2.05, 4.69) is 24.5 Å². The largest absolute Gasteiger partial charge is 0.338 e. The number of halogens is 1. The Bertz CT molecular complexity index is 374. The SMILES string of the molecule is CCNC(=O)NCC(C)(C)c1ccc(Cl)cc1. The fourth-order valence-corrected chi connectivity index (χ4v) is 1.65. The highest BCUT2D eigenvalue weighted by Crippen LogP contribution is 2.23. The molecule has 0 aliphatic rings. The molecule has 0 atom stereocenters. The van der Waals surface area contributed by atoms with Crippen LogP contribution in [-0.4, -0.2) is 19.1 Å². The molecule has 0 aliphatic heterocycles. The topological polar surface area (TPSA) is 41.1 Å². The number of amides is 2. The van der Waals surface area contributed by atoms with Crippen molar-refractivity contribution in [2.45, 2.75) is 26.2 Å². The number of rotatable bonds is 4. The van der Waals surface area contributed by atoms with Crippen LogP contribution >= 0.6 is 11.6 Å². The number of nitrogens with one attached hydrogen (secondary N) is 2. The molecule has 0 bridgehead atoms. The number of carbonyl (C=O) groups excluding carboxylic acids is 1. The zero-order valence-corrected chi connectivity index (χ0v) is 11.3. The molecule has 1 aromatic rings.